The minimum Gasteiger partial charge on any atom is -0.468 e. The summed E-state index contributed by atoms with van der Waals surface area (Å²) in [6.45, 7) is 2.70. The zero-order valence-corrected chi connectivity index (χ0v) is 10.8. The smallest absolute Gasteiger partial charge is 0.326 e. The van der Waals surface area contributed by atoms with Crippen LogP contribution in [-0.4, -0.2) is 46.7 Å². The number of rotatable bonds is 5. The number of hydrogen-bond donors (Lipinski definition) is 1. The van der Waals surface area contributed by atoms with E-state index in [2.05, 4.69) is 9.72 Å². The van der Waals surface area contributed by atoms with Crippen LogP contribution < -0.4 is 5.73 Å². The molecule has 0 radical (unpaired) electrons. The van der Waals surface area contributed by atoms with Crippen molar-refractivity contribution in [3.63, 3.8) is 0 Å². The zero-order valence-electron chi connectivity index (χ0n) is 10.8. The summed E-state index contributed by atoms with van der Waals surface area (Å²) in [6, 6.07) is 0. The van der Waals surface area contributed by atoms with Crippen molar-refractivity contribution < 1.29 is 9.53 Å². The van der Waals surface area contributed by atoms with Gasteiger partial charge in [-0.25, -0.2) is 4.98 Å². The molecule has 0 fully saturated rings. The molecule has 0 aliphatic carbocycles. The highest BCUT2D eigenvalue weighted by Gasteiger charge is 2.31. The quantitative estimate of drug-likeness (QED) is 0.718. The van der Waals surface area contributed by atoms with Crippen LogP contribution >= 0.6 is 0 Å². The summed E-state index contributed by atoms with van der Waals surface area (Å²) < 4.78 is 6.60. The van der Waals surface area contributed by atoms with E-state index in [1.54, 1.807) is 13.1 Å². The molecule has 0 amide bonds. The lowest BCUT2D eigenvalue weighted by Crippen LogP contribution is -2.53. The molecular weight excluding hydrogens is 220 g/mol. The van der Waals surface area contributed by atoms with E-state index < -0.39 is 11.5 Å². The van der Waals surface area contributed by atoms with Crippen molar-refractivity contribution in [3.8, 4) is 0 Å². The second-order valence-corrected chi connectivity index (χ2v) is 4.54. The van der Waals surface area contributed by atoms with Gasteiger partial charge in [-0.1, -0.05) is 0 Å². The van der Waals surface area contributed by atoms with Gasteiger partial charge in [-0.15, -0.1) is 0 Å². The lowest BCUT2D eigenvalue weighted by atomic mass is 10.0. The first-order valence-electron chi connectivity index (χ1n) is 5.39. The molecule has 6 heteroatoms. The van der Waals surface area contributed by atoms with Gasteiger partial charge in [-0.05, 0) is 14.0 Å². The Hall–Kier alpha value is -1.40. The monoisotopic (exact) mass is 240 g/mol. The maximum absolute atomic E-state index is 11.4. The molecule has 1 aromatic heterocycles. The number of esters is 1. The highest BCUT2D eigenvalue weighted by atomic mass is 16.5. The lowest BCUT2D eigenvalue weighted by molar-refractivity contribution is -0.147. The topological polar surface area (TPSA) is 73.4 Å². The number of carbonyl (C=O) groups is 1. The van der Waals surface area contributed by atoms with Crippen molar-refractivity contribution in [2.75, 3.05) is 20.7 Å². The minimum atomic E-state index is -1.01. The number of likely N-dealkylation sites (N-methyl/N-ethyl adjacent to an activating group) is 1. The summed E-state index contributed by atoms with van der Waals surface area (Å²) in [6.07, 6.45) is 3.62. The fraction of sp³-hybridized carbons (Fsp3) is 0.636. The van der Waals surface area contributed by atoms with Crippen LogP contribution in [0.15, 0.2) is 12.4 Å². The van der Waals surface area contributed by atoms with Crippen molar-refractivity contribution in [3.05, 3.63) is 18.2 Å². The summed E-state index contributed by atoms with van der Waals surface area (Å²) in [7, 11) is 5.16. The molecule has 1 unspecified atom stereocenters. The van der Waals surface area contributed by atoms with E-state index in [1.807, 2.05) is 29.8 Å². The molecule has 1 atom stereocenters. The molecule has 96 valence electrons. The number of nitrogens with two attached hydrogens (primary N) is 1. The molecule has 0 aromatic carbocycles. The zero-order chi connectivity index (χ0) is 13.1. The lowest BCUT2D eigenvalue weighted by Gasteiger charge is -2.27. The third-order valence-corrected chi connectivity index (χ3v) is 2.58. The highest BCUT2D eigenvalue weighted by molar-refractivity contribution is 5.80. The predicted molar refractivity (Wildman–Crippen MR) is 64.2 cm³/mol. The second kappa shape index (κ2) is 5.29. The Labute approximate surface area is 101 Å². The summed E-state index contributed by atoms with van der Waals surface area (Å²) >= 11 is 0. The van der Waals surface area contributed by atoms with Gasteiger partial charge in [0.25, 0.3) is 0 Å². The molecule has 1 aromatic rings. The Bertz CT molecular complexity index is 387. The van der Waals surface area contributed by atoms with Crippen LogP contribution in [0.5, 0.6) is 0 Å². The molecule has 0 saturated carbocycles. The maximum Gasteiger partial charge on any atom is 0.326 e. The molecule has 0 aliphatic rings. The number of aromatic nitrogens is 2. The first-order valence-corrected chi connectivity index (χ1v) is 5.39. The average molecular weight is 240 g/mol. The van der Waals surface area contributed by atoms with Gasteiger partial charge in [0.2, 0.25) is 0 Å². The predicted octanol–water partition coefficient (Wildman–Crippen LogP) is -0.258. The number of nitrogens with zero attached hydrogens (tertiary/aromatic N) is 3. The molecule has 17 heavy (non-hydrogen) atoms. The molecular formula is C11H20N4O2. The third-order valence-electron chi connectivity index (χ3n) is 2.58. The number of imidazole rings is 1. The Kier molecular flexibility index (Phi) is 4.25. The van der Waals surface area contributed by atoms with Crippen LogP contribution in [0.4, 0.5) is 0 Å². The van der Waals surface area contributed by atoms with Gasteiger partial charge in [-0.3, -0.25) is 9.69 Å². The van der Waals surface area contributed by atoms with Crippen molar-refractivity contribution in [1.29, 1.82) is 0 Å². The Morgan fingerprint density at radius 3 is 2.82 bits per heavy atom. The van der Waals surface area contributed by atoms with E-state index in [-0.39, 0.29) is 0 Å². The van der Waals surface area contributed by atoms with Crippen LogP contribution in [0.25, 0.3) is 0 Å². The standard InChI is InChI=1S/C11H20N4O2/c1-11(12,10(16)17-4)8-14(2)7-9-13-5-6-15(9)3/h5-6H,7-8,12H2,1-4H3. The second-order valence-electron chi connectivity index (χ2n) is 4.54. The summed E-state index contributed by atoms with van der Waals surface area (Å²) in [4.78, 5) is 17.6. The number of carbonyl (C=O) groups excluding carboxylic acids is 1. The SMILES string of the molecule is COC(=O)C(C)(N)CN(C)Cc1nccn1C. The third kappa shape index (κ3) is 3.54. The fourth-order valence-corrected chi connectivity index (χ4v) is 1.70. The van der Waals surface area contributed by atoms with Crippen molar-refractivity contribution in [2.45, 2.75) is 19.0 Å². The van der Waals surface area contributed by atoms with E-state index in [0.29, 0.717) is 13.1 Å². The van der Waals surface area contributed by atoms with Gasteiger partial charge in [-0.2, -0.15) is 0 Å². The molecule has 1 rings (SSSR count). The Morgan fingerprint density at radius 2 is 2.35 bits per heavy atom. The van der Waals surface area contributed by atoms with Crippen LogP contribution in [0.3, 0.4) is 0 Å². The summed E-state index contributed by atoms with van der Waals surface area (Å²) in [5.74, 6) is 0.511. The van der Waals surface area contributed by atoms with Gasteiger partial charge >= 0.3 is 5.97 Å². The van der Waals surface area contributed by atoms with Crippen LogP contribution in [0, 0.1) is 0 Å². The summed E-state index contributed by atoms with van der Waals surface area (Å²) in [5.41, 5.74) is 4.89. The van der Waals surface area contributed by atoms with Gasteiger partial charge < -0.3 is 15.0 Å². The average Bonchev–Trinajstić information content (AvgIpc) is 2.62. The van der Waals surface area contributed by atoms with Gasteiger partial charge in [0.05, 0.1) is 13.7 Å². The number of ether oxygens (including phenoxy) is 1. The van der Waals surface area contributed by atoms with Crippen LogP contribution in [0.1, 0.15) is 12.7 Å². The molecule has 0 aliphatic heterocycles. The molecule has 6 nitrogen and oxygen atoms in total. The van der Waals surface area contributed by atoms with Crippen molar-refractivity contribution in [1.82, 2.24) is 14.5 Å². The molecule has 2 N–H and O–H groups in total. The number of methoxy groups -OCH3 is 1. The van der Waals surface area contributed by atoms with Crippen LogP contribution in [0.2, 0.25) is 0 Å². The number of hydrogen-bond acceptors (Lipinski definition) is 5. The van der Waals surface area contributed by atoms with Gasteiger partial charge in [0.15, 0.2) is 0 Å². The summed E-state index contributed by atoms with van der Waals surface area (Å²) in [5, 5.41) is 0. The highest BCUT2D eigenvalue weighted by Crippen LogP contribution is 2.07. The van der Waals surface area contributed by atoms with E-state index in [9.17, 15) is 4.79 Å². The minimum absolute atomic E-state index is 0.409. The molecule has 0 spiro atoms. The van der Waals surface area contributed by atoms with Crippen molar-refractivity contribution >= 4 is 5.97 Å². The maximum atomic E-state index is 11.4. The largest absolute Gasteiger partial charge is 0.468 e. The Balaban J connectivity index is 2.58. The first kappa shape index (κ1) is 13.7. The van der Waals surface area contributed by atoms with Crippen LogP contribution in [-0.2, 0) is 23.1 Å². The van der Waals surface area contributed by atoms with E-state index >= 15 is 0 Å². The van der Waals surface area contributed by atoms with Gasteiger partial charge in [0.1, 0.15) is 11.4 Å². The molecule has 0 bridgehead atoms. The Morgan fingerprint density at radius 1 is 1.71 bits per heavy atom. The van der Waals surface area contributed by atoms with E-state index in [0.717, 1.165) is 5.82 Å². The normalized spacial score (nSPS) is 14.7. The number of aryl methyl sites for hydroxylation is 1. The van der Waals surface area contributed by atoms with Crippen molar-refractivity contribution in [2.24, 2.45) is 12.8 Å². The van der Waals surface area contributed by atoms with Gasteiger partial charge in [0, 0.05) is 26.0 Å². The van der Waals surface area contributed by atoms with E-state index in [4.69, 9.17) is 5.73 Å². The first-order chi connectivity index (χ1) is 7.86. The fourth-order valence-electron chi connectivity index (χ4n) is 1.70. The molecule has 0 saturated heterocycles. The van der Waals surface area contributed by atoms with E-state index in [1.165, 1.54) is 7.11 Å². The molecule has 1 heterocycles.